The summed E-state index contributed by atoms with van der Waals surface area (Å²) in [6.07, 6.45) is 0.0214. The summed E-state index contributed by atoms with van der Waals surface area (Å²) in [6.45, 7) is 12.0. The van der Waals surface area contributed by atoms with E-state index >= 15 is 0 Å². The van der Waals surface area contributed by atoms with Crippen LogP contribution in [0.25, 0.3) is 0 Å². The minimum Gasteiger partial charge on any atom is -0.444 e. The Bertz CT molecular complexity index is 299. The maximum atomic E-state index is 11.4. The maximum absolute atomic E-state index is 11.4. The number of carbonyl (C=O) groups excluding carboxylic acids is 2. The van der Waals surface area contributed by atoms with Crippen molar-refractivity contribution in [1.82, 2.24) is 16.0 Å². The number of amides is 2. The molecule has 0 aromatic carbocycles. The van der Waals surface area contributed by atoms with E-state index in [9.17, 15) is 9.59 Å². The second-order valence-electron chi connectivity index (χ2n) is 6.13. The molecule has 118 valence electrons. The first-order chi connectivity index (χ1) is 9.20. The third kappa shape index (κ3) is 13.1. The third-order valence-electron chi connectivity index (χ3n) is 2.21. The van der Waals surface area contributed by atoms with Gasteiger partial charge in [0.15, 0.2) is 0 Å². The molecule has 0 aromatic heterocycles. The van der Waals surface area contributed by atoms with Crippen molar-refractivity contribution in [2.24, 2.45) is 5.92 Å². The van der Waals surface area contributed by atoms with Gasteiger partial charge < -0.3 is 20.7 Å². The third-order valence-corrected chi connectivity index (χ3v) is 2.21. The van der Waals surface area contributed by atoms with Crippen LogP contribution in [0.3, 0.4) is 0 Å². The van der Waals surface area contributed by atoms with E-state index in [1.165, 1.54) is 0 Å². The number of rotatable bonds is 8. The molecule has 0 aliphatic carbocycles. The second-order valence-corrected chi connectivity index (χ2v) is 6.13. The summed E-state index contributed by atoms with van der Waals surface area (Å²) < 4.78 is 5.09. The van der Waals surface area contributed by atoms with E-state index in [0.717, 1.165) is 0 Å². The fourth-order valence-electron chi connectivity index (χ4n) is 1.30. The Hall–Kier alpha value is -1.30. The van der Waals surface area contributed by atoms with Crippen LogP contribution in [0.1, 0.15) is 41.0 Å². The molecule has 0 heterocycles. The van der Waals surface area contributed by atoms with Crippen LogP contribution in [0.4, 0.5) is 4.79 Å². The van der Waals surface area contributed by atoms with Crippen molar-refractivity contribution >= 4 is 12.0 Å². The number of nitrogens with one attached hydrogen (secondary N) is 3. The average molecular weight is 287 g/mol. The number of carbonyl (C=O) groups is 2. The molecule has 2 amide bonds. The largest absolute Gasteiger partial charge is 0.444 e. The number of hydrogen-bond donors (Lipinski definition) is 3. The Morgan fingerprint density at radius 2 is 1.70 bits per heavy atom. The van der Waals surface area contributed by atoms with Gasteiger partial charge in [0.05, 0.1) is 0 Å². The highest BCUT2D eigenvalue weighted by Gasteiger charge is 2.15. The van der Waals surface area contributed by atoms with Crippen LogP contribution >= 0.6 is 0 Å². The zero-order valence-corrected chi connectivity index (χ0v) is 13.3. The fraction of sp³-hybridized carbons (Fsp3) is 0.857. The molecule has 0 saturated heterocycles. The summed E-state index contributed by atoms with van der Waals surface area (Å²) in [6, 6.07) is 0. The molecule has 0 bridgehead atoms. The first-order valence-electron chi connectivity index (χ1n) is 7.15. The molecule has 0 aromatic rings. The van der Waals surface area contributed by atoms with Gasteiger partial charge in [-0.2, -0.15) is 0 Å². The molecule has 0 spiro atoms. The summed E-state index contributed by atoms with van der Waals surface area (Å²) >= 11 is 0. The van der Waals surface area contributed by atoms with Gasteiger partial charge in [0, 0.05) is 32.6 Å². The average Bonchev–Trinajstić information content (AvgIpc) is 2.28. The molecule has 6 nitrogen and oxygen atoms in total. The van der Waals surface area contributed by atoms with Gasteiger partial charge in [-0.3, -0.25) is 4.79 Å². The van der Waals surface area contributed by atoms with Crippen molar-refractivity contribution in [2.45, 2.75) is 46.6 Å². The summed E-state index contributed by atoms with van der Waals surface area (Å²) in [7, 11) is 0. The predicted molar refractivity (Wildman–Crippen MR) is 79.6 cm³/mol. The highest BCUT2D eigenvalue weighted by molar-refractivity contribution is 5.76. The maximum Gasteiger partial charge on any atom is 0.407 e. The van der Waals surface area contributed by atoms with Crippen molar-refractivity contribution in [3.63, 3.8) is 0 Å². The van der Waals surface area contributed by atoms with Crippen LogP contribution in [0.2, 0.25) is 0 Å². The molecule has 0 rings (SSSR count). The minimum atomic E-state index is -0.480. The SMILES string of the molecule is CC(C)CNC(=O)CCNCCNC(=O)OC(C)(C)C. The van der Waals surface area contributed by atoms with Gasteiger partial charge in [-0.05, 0) is 26.7 Å². The molecule has 0 unspecified atom stereocenters. The normalized spacial score (nSPS) is 11.3. The van der Waals surface area contributed by atoms with Gasteiger partial charge >= 0.3 is 6.09 Å². The lowest BCUT2D eigenvalue weighted by Crippen LogP contribution is -2.37. The van der Waals surface area contributed by atoms with Crippen LogP contribution in [-0.2, 0) is 9.53 Å². The Morgan fingerprint density at radius 1 is 1.05 bits per heavy atom. The van der Waals surface area contributed by atoms with Gasteiger partial charge in [0.1, 0.15) is 5.60 Å². The van der Waals surface area contributed by atoms with E-state index in [0.29, 0.717) is 38.5 Å². The Kier molecular flexibility index (Phi) is 8.96. The molecule has 3 N–H and O–H groups in total. The topological polar surface area (TPSA) is 79.5 Å². The highest BCUT2D eigenvalue weighted by Crippen LogP contribution is 2.05. The lowest BCUT2D eigenvalue weighted by atomic mass is 10.2. The van der Waals surface area contributed by atoms with Crippen molar-refractivity contribution in [2.75, 3.05) is 26.2 Å². The monoisotopic (exact) mass is 287 g/mol. The Morgan fingerprint density at radius 3 is 2.25 bits per heavy atom. The predicted octanol–water partition coefficient (Wildman–Crippen LogP) is 1.26. The lowest BCUT2D eigenvalue weighted by Gasteiger charge is -2.19. The van der Waals surface area contributed by atoms with Crippen LogP contribution < -0.4 is 16.0 Å². The number of hydrogen-bond acceptors (Lipinski definition) is 4. The first-order valence-corrected chi connectivity index (χ1v) is 7.15. The Balaban J connectivity index is 3.45. The second kappa shape index (κ2) is 9.58. The van der Waals surface area contributed by atoms with E-state index < -0.39 is 11.7 Å². The summed E-state index contributed by atoms with van der Waals surface area (Å²) in [4.78, 5) is 22.7. The van der Waals surface area contributed by atoms with Gasteiger partial charge in [-0.25, -0.2) is 4.79 Å². The quantitative estimate of drug-likeness (QED) is 0.587. The van der Waals surface area contributed by atoms with Crippen molar-refractivity contribution in [1.29, 1.82) is 0 Å². The van der Waals surface area contributed by atoms with Crippen molar-refractivity contribution in [3.05, 3.63) is 0 Å². The summed E-state index contributed by atoms with van der Waals surface area (Å²) in [5, 5.41) is 8.58. The number of ether oxygens (including phenoxy) is 1. The molecule has 0 saturated carbocycles. The molecule has 0 atom stereocenters. The van der Waals surface area contributed by atoms with Gasteiger partial charge in [0.25, 0.3) is 0 Å². The number of alkyl carbamates (subject to hydrolysis) is 1. The van der Waals surface area contributed by atoms with Crippen LogP contribution in [0.5, 0.6) is 0 Å². The van der Waals surface area contributed by atoms with Crippen molar-refractivity contribution in [3.8, 4) is 0 Å². The van der Waals surface area contributed by atoms with E-state index in [2.05, 4.69) is 29.8 Å². The van der Waals surface area contributed by atoms with E-state index in [4.69, 9.17) is 4.74 Å². The van der Waals surface area contributed by atoms with Crippen LogP contribution in [0, 0.1) is 5.92 Å². The highest BCUT2D eigenvalue weighted by atomic mass is 16.6. The lowest BCUT2D eigenvalue weighted by molar-refractivity contribution is -0.121. The molecule has 0 aliphatic rings. The van der Waals surface area contributed by atoms with Gasteiger partial charge in [-0.15, -0.1) is 0 Å². The van der Waals surface area contributed by atoms with Crippen LogP contribution in [-0.4, -0.2) is 43.8 Å². The standard InChI is InChI=1S/C14H29N3O3/c1-11(2)10-17-12(18)6-7-15-8-9-16-13(19)20-14(3,4)5/h11,15H,6-10H2,1-5H3,(H,16,19)(H,17,18). The smallest absolute Gasteiger partial charge is 0.407 e. The molecule has 0 aliphatic heterocycles. The van der Waals surface area contributed by atoms with Crippen molar-refractivity contribution < 1.29 is 14.3 Å². The van der Waals surface area contributed by atoms with E-state index in [-0.39, 0.29) is 5.91 Å². The van der Waals surface area contributed by atoms with Crippen LogP contribution in [0.15, 0.2) is 0 Å². The summed E-state index contributed by atoms with van der Waals surface area (Å²) in [5.74, 6) is 0.510. The Labute approximate surface area is 122 Å². The minimum absolute atomic E-state index is 0.0475. The molecule has 20 heavy (non-hydrogen) atoms. The molecular weight excluding hydrogens is 258 g/mol. The fourth-order valence-corrected chi connectivity index (χ4v) is 1.30. The zero-order valence-electron chi connectivity index (χ0n) is 13.3. The van der Waals surface area contributed by atoms with E-state index in [1.807, 2.05) is 20.8 Å². The molecule has 0 fully saturated rings. The molecule has 6 heteroatoms. The summed E-state index contributed by atoms with van der Waals surface area (Å²) in [5.41, 5.74) is -0.480. The first kappa shape index (κ1) is 18.7. The van der Waals surface area contributed by atoms with Gasteiger partial charge in [0.2, 0.25) is 5.91 Å². The van der Waals surface area contributed by atoms with Gasteiger partial charge in [-0.1, -0.05) is 13.8 Å². The van der Waals surface area contributed by atoms with E-state index in [1.54, 1.807) is 0 Å². The molecular formula is C14H29N3O3. The molecule has 0 radical (unpaired) electrons. The zero-order chi connectivity index (χ0) is 15.6.